The van der Waals surface area contributed by atoms with Crippen molar-refractivity contribution in [3.05, 3.63) is 0 Å². The lowest BCUT2D eigenvalue weighted by atomic mass is 10.0. The minimum Gasteiger partial charge on any atom is -0.354 e. The lowest BCUT2D eigenvalue weighted by Gasteiger charge is -2.28. The smallest absolute Gasteiger partial charge is 0.243 e. The number of nitrogens with one attached hydrogen (secondary N) is 2. The van der Waals surface area contributed by atoms with Crippen molar-refractivity contribution in [2.75, 3.05) is 31.3 Å². The van der Waals surface area contributed by atoms with Gasteiger partial charge in [0, 0.05) is 37.7 Å². The molecule has 0 saturated carbocycles. The number of amides is 2. The summed E-state index contributed by atoms with van der Waals surface area (Å²) in [6.45, 7) is 4.52. The molecule has 0 spiro atoms. The second kappa shape index (κ2) is 7.21. The zero-order chi connectivity index (χ0) is 12.3. The number of nitrogens with zero attached hydrogens (tertiary/aromatic N) is 1. The largest absolute Gasteiger partial charge is 0.354 e. The fraction of sp³-hybridized carbons (Fsp3) is 0.818. The van der Waals surface area contributed by atoms with Crippen molar-refractivity contribution in [3.8, 4) is 0 Å². The predicted octanol–water partition coefficient (Wildman–Crippen LogP) is 0.0553. The zero-order valence-corrected chi connectivity index (χ0v) is 12.1. The van der Waals surface area contributed by atoms with Crippen LogP contribution in [0.25, 0.3) is 0 Å². The fourth-order valence-corrected chi connectivity index (χ4v) is 3.14. The van der Waals surface area contributed by atoms with Crippen molar-refractivity contribution in [1.29, 1.82) is 0 Å². The van der Waals surface area contributed by atoms with E-state index in [0.29, 0.717) is 18.2 Å². The highest BCUT2D eigenvalue weighted by Crippen LogP contribution is 2.21. The summed E-state index contributed by atoms with van der Waals surface area (Å²) in [5, 5.41) is 6.12. The fourth-order valence-electron chi connectivity index (χ4n) is 1.96. The Morgan fingerprint density at radius 1 is 1.44 bits per heavy atom. The summed E-state index contributed by atoms with van der Waals surface area (Å²) in [4.78, 5) is 25.3. The maximum absolute atomic E-state index is 12.0. The van der Waals surface area contributed by atoms with Crippen molar-refractivity contribution < 1.29 is 9.59 Å². The van der Waals surface area contributed by atoms with Gasteiger partial charge >= 0.3 is 0 Å². The van der Waals surface area contributed by atoms with Crippen LogP contribution in [0.1, 0.15) is 13.3 Å². The maximum Gasteiger partial charge on any atom is 0.243 e. The summed E-state index contributed by atoms with van der Waals surface area (Å²) in [5.41, 5.74) is 0. The zero-order valence-electron chi connectivity index (χ0n) is 10.5. The maximum atomic E-state index is 12.0. The van der Waals surface area contributed by atoms with Crippen LogP contribution >= 0.6 is 24.2 Å². The Hall–Kier alpha value is -0.460. The Labute approximate surface area is 118 Å². The first-order chi connectivity index (χ1) is 8.22. The molecule has 2 aliphatic heterocycles. The van der Waals surface area contributed by atoms with Gasteiger partial charge in [0.1, 0.15) is 6.04 Å². The molecule has 0 bridgehead atoms. The van der Waals surface area contributed by atoms with Gasteiger partial charge in [-0.1, -0.05) is 6.92 Å². The molecular weight excluding hydrogens is 274 g/mol. The van der Waals surface area contributed by atoms with Crippen LogP contribution < -0.4 is 10.6 Å². The predicted molar refractivity (Wildman–Crippen MR) is 74.9 cm³/mol. The van der Waals surface area contributed by atoms with Gasteiger partial charge in [0.05, 0.1) is 5.88 Å². The molecule has 2 amide bonds. The van der Waals surface area contributed by atoms with Crippen LogP contribution in [-0.2, 0) is 9.59 Å². The summed E-state index contributed by atoms with van der Waals surface area (Å²) in [6, 6.07) is -0.263. The molecule has 0 aliphatic carbocycles. The van der Waals surface area contributed by atoms with Gasteiger partial charge in [0.2, 0.25) is 11.8 Å². The molecule has 2 rings (SSSR count). The molecule has 0 aromatic heterocycles. The number of carbonyl (C=O) groups is 2. The van der Waals surface area contributed by atoms with Gasteiger partial charge in [0.15, 0.2) is 0 Å². The molecule has 104 valence electrons. The lowest BCUT2D eigenvalue weighted by Crippen LogP contribution is -2.52. The van der Waals surface area contributed by atoms with Crippen LogP contribution in [0.15, 0.2) is 0 Å². The second-order valence-electron chi connectivity index (χ2n) is 4.50. The van der Waals surface area contributed by atoms with E-state index in [0.717, 1.165) is 25.4 Å². The Bertz CT molecular complexity index is 313. The number of carbonyl (C=O) groups excluding carboxylic acids is 2. The summed E-state index contributed by atoms with van der Waals surface area (Å²) >= 11 is 1.65. The van der Waals surface area contributed by atoms with Crippen LogP contribution in [0.4, 0.5) is 0 Å². The topological polar surface area (TPSA) is 61.4 Å². The van der Waals surface area contributed by atoms with Crippen LogP contribution in [0.5, 0.6) is 0 Å². The van der Waals surface area contributed by atoms with E-state index in [-0.39, 0.29) is 30.3 Å². The molecule has 1 unspecified atom stereocenters. The number of thioether (sulfide) groups is 1. The Balaban J connectivity index is 0.00000162. The van der Waals surface area contributed by atoms with Gasteiger partial charge in [-0.15, -0.1) is 24.2 Å². The van der Waals surface area contributed by atoms with Crippen LogP contribution in [0, 0.1) is 5.92 Å². The number of halogens is 1. The molecule has 7 heteroatoms. The van der Waals surface area contributed by atoms with E-state index in [1.54, 1.807) is 16.7 Å². The molecule has 2 aliphatic rings. The Morgan fingerprint density at radius 2 is 2.17 bits per heavy atom. The van der Waals surface area contributed by atoms with Crippen molar-refractivity contribution in [1.82, 2.24) is 15.5 Å². The minimum absolute atomic E-state index is 0. The van der Waals surface area contributed by atoms with Crippen molar-refractivity contribution in [2.45, 2.75) is 19.4 Å². The van der Waals surface area contributed by atoms with Gasteiger partial charge in [-0.05, 0) is 0 Å². The van der Waals surface area contributed by atoms with Crippen molar-refractivity contribution in [2.24, 2.45) is 5.92 Å². The van der Waals surface area contributed by atoms with Crippen molar-refractivity contribution in [3.63, 3.8) is 0 Å². The third kappa shape index (κ3) is 3.52. The van der Waals surface area contributed by atoms with E-state index in [9.17, 15) is 9.59 Å². The van der Waals surface area contributed by atoms with E-state index < -0.39 is 0 Å². The first-order valence-corrected chi connectivity index (χ1v) is 7.23. The molecule has 2 heterocycles. The average molecular weight is 294 g/mol. The SMILES string of the molecule is CCC(=O)N1CSCC1C(=O)NCC1CNC1.Cl. The number of hydrogen-bond donors (Lipinski definition) is 2. The quantitative estimate of drug-likeness (QED) is 0.769. The molecule has 1 atom stereocenters. The number of rotatable bonds is 4. The summed E-state index contributed by atoms with van der Waals surface area (Å²) in [6.07, 6.45) is 0.469. The molecule has 2 saturated heterocycles. The first-order valence-electron chi connectivity index (χ1n) is 6.08. The normalized spacial score (nSPS) is 23.2. The van der Waals surface area contributed by atoms with Crippen LogP contribution in [0.3, 0.4) is 0 Å². The average Bonchev–Trinajstić information content (AvgIpc) is 2.74. The van der Waals surface area contributed by atoms with Crippen molar-refractivity contribution >= 4 is 36.0 Å². The van der Waals surface area contributed by atoms with Gasteiger partial charge in [0.25, 0.3) is 0 Å². The van der Waals surface area contributed by atoms with E-state index in [1.165, 1.54) is 0 Å². The third-order valence-corrected chi connectivity index (χ3v) is 4.25. The molecular formula is C11H20ClN3O2S. The Kier molecular flexibility index (Phi) is 6.25. The Morgan fingerprint density at radius 3 is 2.72 bits per heavy atom. The van der Waals surface area contributed by atoms with Gasteiger partial charge < -0.3 is 15.5 Å². The van der Waals surface area contributed by atoms with E-state index in [2.05, 4.69) is 10.6 Å². The van der Waals surface area contributed by atoms with E-state index >= 15 is 0 Å². The highest BCUT2D eigenvalue weighted by Gasteiger charge is 2.34. The molecule has 18 heavy (non-hydrogen) atoms. The minimum atomic E-state index is -0.263. The summed E-state index contributed by atoms with van der Waals surface area (Å²) in [7, 11) is 0. The highest BCUT2D eigenvalue weighted by atomic mass is 35.5. The van der Waals surface area contributed by atoms with Crippen LogP contribution in [0.2, 0.25) is 0 Å². The second-order valence-corrected chi connectivity index (χ2v) is 5.50. The molecule has 0 aromatic carbocycles. The lowest BCUT2D eigenvalue weighted by molar-refractivity contribution is -0.137. The monoisotopic (exact) mass is 293 g/mol. The third-order valence-electron chi connectivity index (χ3n) is 3.24. The molecule has 0 aromatic rings. The first kappa shape index (κ1) is 15.6. The molecule has 2 N–H and O–H groups in total. The van der Waals surface area contributed by atoms with Crippen LogP contribution in [-0.4, -0.2) is 54.0 Å². The van der Waals surface area contributed by atoms with Gasteiger partial charge in [-0.2, -0.15) is 0 Å². The highest BCUT2D eigenvalue weighted by molar-refractivity contribution is 7.99. The molecule has 2 fully saturated rings. The van der Waals surface area contributed by atoms with E-state index in [4.69, 9.17) is 0 Å². The number of hydrogen-bond acceptors (Lipinski definition) is 4. The molecule has 5 nitrogen and oxygen atoms in total. The summed E-state index contributed by atoms with van der Waals surface area (Å²) < 4.78 is 0. The van der Waals surface area contributed by atoms with E-state index in [1.807, 2.05) is 6.92 Å². The van der Waals surface area contributed by atoms with Gasteiger partial charge in [-0.25, -0.2) is 0 Å². The standard InChI is InChI=1S/C11H19N3O2S.ClH/c1-2-10(15)14-7-17-6-9(14)11(16)13-5-8-3-12-4-8;/h8-9,12H,2-7H2,1H3,(H,13,16);1H. The van der Waals surface area contributed by atoms with Gasteiger partial charge in [-0.3, -0.25) is 9.59 Å². The summed E-state index contributed by atoms with van der Waals surface area (Å²) in [5.74, 6) is 2.00. The molecule has 0 radical (unpaired) electrons.